The van der Waals surface area contributed by atoms with Gasteiger partial charge in [0.25, 0.3) is 5.91 Å². The van der Waals surface area contributed by atoms with Gasteiger partial charge in [-0.1, -0.05) is 35.1 Å². The Balaban J connectivity index is 1.38. The highest BCUT2D eigenvalue weighted by Crippen LogP contribution is 2.29. The molecular weight excluding hydrogens is 472 g/mol. The summed E-state index contributed by atoms with van der Waals surface area (Å²) in [6, 6.07) is 18.3. The number of carbonyl (C=O) groups is 1. The third kappa shape index (κ3) is 4.23. The lowest BCUT2D eigenvalue weighted by atomic mass is 10.1. The van der Waals surface area contributed by atoms with Crippen LogP contribution in [0.25, 0.3) is 32.5 Å². The van der Waals surface area contributed by atoms with Crippen molar-refractivity contribution < 1.29 is 17.6 Å². The van der Waals surface area contributed by atoms with Crippen molar-refractivity contribution in [1.82, 2.24) is 4.98 Å². The SMILES string of the molecule is Cc1ccc2oc(-c3ccc(C(=O)Nc4nc5ccc(S(C)(=O)=O)cc5s4)cc3)cc(=O)c2c1. The van der Waals surface area contributed by atoms with Crippen LogP contribution >= 0.6 is 11.3 Å². The number of aromatic nitrogens is 1. The highest BCUT2D eigenvalue weighted by atomic mass is 32.2. The summed E-state index contributed by atoms with van der Waals surface area (Å²) >= 11 is 1.20. The molecule has 34 heavy (non-hydrogen) atoms. The van der Waals surface area contributed by atoms with E-state index < -0.39 is 9.84 Å². The van der Waals surface area contributed by atoms with Crippen LogP contribution in [-0.4, -0.2) is 25.6 Å². The summed E-state index contributed by atoms with van der Waals surface area (Å²) in [6.45, 7) is 1.91. The van der Waals surface area contributed by atoms with Crippen LogP contribution in [0.15, 0.2) is 80.8 Å². The minimum Gasteiger partial charge on any atom is -0.456 e. The van der Waals surface area contributed by atoms with Gasteiger partial charge < -0.3 is 4.42 Å². The van der Waals surface area contributed by atoms with Gasteiger partial charge in [-0.3, -0.25) is 14.9 Å². The fraction of sp³-hybridized carbons (Fsp3) is 0.0800. The smallest absolute Gasteiger partial charge is 0.257 e. The average Bonchev–Trinajstić information content (AvgIpc) is 3.20. The predicted octanol–water partition coefficient (Wildman–Crippen LogP) is 5.03. The molecule has 0 saturated heterocycles. The maximum absolute atomic E-state index is 12.7. The number of benzene rings is 3. The van der Waals surface area contributed by atoms with E-state index in [0.29, 0.717) is 43.2 Å². The van der Waals surface area contributed by atoms with Gasteiger partial charge in [0.1, 0.15) is 11.3 Å². The summed E-state index contributed by atoms with van der Waals surface area (Å²) in [6.07, 6.45) is 1.14. The van der Waals surface area contributed by atoms with E-state index in [1.807, 2.05) is 13.0 Å². The molecule has 0 aliphatic carbocycles. The first kappa shape index (κ1) is 22.0. The van der Waals surface area contributed by atoms with Crippen LogP contribution in [0.4, 0.5) is 5.13 Å². The first-order valence-electron chi connectivity index (χ1n) is 10.2. The van der Waals surface area contributed by atoms with Crippen molar-refractivity contribution in [2.24, 2.45) is 0 Å². The van der Waals surface area contributed by atoms with E-state index in [1.165, 1.54) is 23.5 Å². The van der Waals surface area contributed by atoms with Gasteiger partial charge in [-0.2, -0.15) is 0 Å². The van der Waals surface area contributed by atoms with Crippen LogP contribution in [0.1, 0.15) is 15.9 Å². The number of anilines is 1. The number of rotatable bonds is 4. The quantitative estimate of drug-likeness (QED) is 0.379. The Morgan fingerprint density at radius 3 is 2.50 bits per heavy atom. The molecule has 0 fully saturated rings. The van der Waals surface area contributed by atoms with Crippen LogP contribution in [-0.2, 0) is 9.84 Å². The number of sulfone groups is 1. The maximum Gasteiger partial charge on any atom is 0.257 e. The van der Waals surface area contributed by atoms with Crippen LogP contribution in [0.2, 0.25) is 0 Å². The van der Waals surface area contributed by atoms with Gasteiger partial charge in [-0.05, 0) is 49.4 Å². The molecule has 3 aromatic carbocycles. The highest BCUT2D eigenvalue weighted by Gasteiger charge is 2.14. The molecule has 0 aliphatic rings. The molecule has 9 heteroatoms. The van der Waals surface area contributed by atoms with Crippen LogP contribution < -0.4 is 10.7 Å². The monoisotopic (exact) mass is 490 g/mol. The van der Waals surface area contributed by atoms with Gasteiger partial charge in [0.05, 0.1) is 20.5 Å². The van der Waals surface area contributed by atoms with Crippen molar-refractivity contribution in [3.8, 4) is 11.3 Å². The first-order valence-corrected chi connectivity index (χ1v) is 13.0. The van der Waals surface area contributed by atoms with Crippen LogP contribution in [0.5, 0.6) is 0 Å². The Morgan fingerprint density at radius 1 is 1.00 bits per heavy atom. The molecule has 0 unspecified atom stereocenters. The molecule has 5 aromatic rings. The summed E-state index contributed by atoms with van der Waals surface area (Å²) in [5.41, 5.74) is 3.03. The molecule has 5 rings (SSSR count). The third-order valence-corrected chi connectivity index (χ3v) is 7.37. The fourth-order valence-corrected chi connectivity index (χ4v) is 5.18. The molecule has 0 aliphatic heterocycles. The van der Waals surface area contributed by atoms with E-state index in [4.69, 9.17) is 4.42 Å². The molecule has 2 aromatic heterocycles. The van der Waals surface area contributed by atoms with E-state index in [-0.39, 0.29) is 16.2 Å². The number of fused-ring (bicyclic) bond motifs is 2. The Labute approximate surface area is 198 Å². The number of amides is 1. The molecule has 0 radical (unpaired) electrons. The molecule has 0 atom stereocenters. The van der Waals surface area contributed by atoms with Crippen molar-refractivity contribution in [1.29, 1.82) is 0 Å². The lowest BCUT2D eigenvalue weighted by Crippen LogP contribution is -2.11. The highest BCUT2D eigenvalue weighted by molar-refractivity contribution is 7.90. The Hall–Kier alpha value is -3.82. The zero-order chi connectivity index (χ0) is 24.0. The van der Waals surface area contributed by atoms with Crippen LogP contribution in [0.3, 0.4) is 0 Å². The largest absolute Gasteiger partial charge is 0.456 e. The molecule has 2 heterocycles. The molecule has 0 spiro atoms. The van der Waals surface area contributed by atoms with Crippen molar-refractivity contribution in [3.05, 3.63) is 88.1 Å². The number of hydrogen-bond donors (Lipinski definition) is 1. The predicted molar refractivity (Wildman–Crippen MR) is 133 cm³/mol. The number of hydrogen-bond acceptors (Lipinski definition) is 7. The van der Waals surface area contributed by atoms with E-state index in [9.17, 15) is 18.0 Å². The second kappa shape index (κ2) is 8.19. The summed E-state index contributed by atoms with van der Waals surface area (Å²) < 4.78 is 30.1. The van der Waals surface area contributed by atoms with E-state index in [1.54, 1.807) is 48.5 Å². The second-order valence-electron chi connectivity index (χ2n) is 7.93. The number of aryl methyl sites for hydroxylation is 1. The average molecular weight is 491 g/mol. The maximum atomic E-state index is 12.7. The van der Waals surface area contributed by atoms with Gasteiger partial charge >= 0.3 is 0 Å². The molecular formula is C25H18N2O5S2. The summed E-state index contributed by atoms with van der Waals surface area (Å²) in [5, 5.41) is 3.64. The Bertz CT molecular complexity index is 1750. The molecule has 1 amide bonds. The number of nitrogens with zero attached hydrogens (tertiary/aromatic N) is 1. The molecule has 0 bridgehead atoms. The van der Waals surface area contributed by atoms with Crippen molar-refractivity contribution in [2.45, 2.75) is 11.8 Å². The fourth-order valence-electron chi connectivity index (χ4n) is 3.56. The first-order chi connectivity index (χ1) is 16.2. The molecule has 1 N–H and O–H groups in total. The van der Waals surface area contributed by atoms with E-state index in [2.05, 4.69) is 10.3 Å². The Morgan fingerprint density at radius 2 is 1.76 bits per heavy atom. The third-order valence-electron chi connectivity index (χ3n) is 5.32. The lowest BCUT2D eigenvalue weighted by Gasteiger charge is -2.06. The van der Waals surface area contributed by atoms with E-state index in [0.717, 1.165) is 11.8 Å². The van der Waals surface area contributed by atoms with Gasteiger partial charge in [-0.15, -0.1) is 0 Å². The van der Waals surface area contributed by atoms with Crippen molar-refractivity contribution in [2.75, 3.05) is 11.6 Å². The second-order valence-corrected chi connectivity index (χ2v) is 11.0. The van der Waals surface area contributed by atoms with Gasteiger partial charge in [0.15, 0.2) is 20.4 Å². The number of nitrogens with one attached hydrogen (secondary N) is 1. The summed E-state index contributed by atoms with van der Waals surface area (Å²) in [4.78, 5) is 29.8. The van der Waals surface area contributed by atoms with Crippen LogP contribution in [0, 0.1) is 6.92 Å². The minimum atomic E-state index is -3.33. The standard InChI is InChI=1S/C25H18N2O5S2/c1-14-3-10-21-18(11-14)20(28)13-22(32-21)15-4-6-16(7-5-15)24(29)27-25-26-19-9-8-17(34(2,30)31)12-23(19)33-25/h3-13H,1-2H3,(H,26,27,29). The van der Waals surface area contributed by atoms with Gasteiger partial charge in [0, 0.05) is 23.4 Å². The number of thiazole rings is 1. The molecule has 7 nitrogen and oxygen atoms in total. The zero-order valence-electron chi connectivity index (χ0n) is 18.2. The minimum absolute atomic E-state index is 0.128. The summed E-state index contributed by atoms with van der Waals surface area (Å²) in [7, 11) is -3.33. The molecule has 0 saturated carbocycles. The normalized spacial score (nSPS) is 11.7. The number of carbonyl (C=O) groups excluding carboxylic acids is 1. The summed E-state index contributed by atoms with van der Waals surface area (Å²) in [5.74, 6) is 0.0607. The van der Waals surface area contributed by atoms with Crippen molar-refractivity contribution >= 4 is 53.4 Å². The van der Waals surface area contributed by atoms with Crippen molar-refractivity contribution in [3.63, 3.8) is 0 Å². The zero-order valence-corrected chi connectivity index (χ0v) is 19.8. The van der Waals surface area contributed by atoms with Gasteiger partial charge in [-0.25, -0.2) is 13.4 Å². The van der Waals surface area contributed by atoms with E-state index >= 15 is 0 Å². The topological polar surface area (TPSA) is 106 Å². The molecule has 170 valence electrons. The lowest BCUT2D eigenvalue weighted by molar-refractivity contribution is 0.102. The Kier molecular flexibility index (Phi) is 5.30. The van der Waals surface area contributed by atoms with Gasteiger partial charge in [0.2, 0.25) is 0 Å².